The molecule has 0 saturated heterocycles. The van der Waals surface area contributed by atoms with Gasteiger partial charge >= 0.3 is 0 Å². The molecule has 2 nitrogen and oxygen atoms in total. The van der Waals surface area contributed by atoms with Gasteiger partial charge in [0.25, 0.3) is 0 Å². The smallest absolute Gasteiger partial charge is 0.167 e. The molecular formula is C8H2Cl4N2. The molecule has 0 amide bonds. The van der Waals surface area contributed by atoms with E-state index < -0.39 is 0 Å². The predicted octanol–water partition coefficient (Wildman–Crippen LogP) is 4.24. The van der Waals surface area contributed by atoms with E-state index in [4.69, 9.17) is 46.4 Å². The highest BCUT2D eigenvalue weighted by Gasteiger charge is 2.09. The SMILES string of the molecule is Clc1ccc2nc(Cl)c(Cl)nc2c1Cl. The van der Waals surface area contributed by atoms with E-state index >= 15 is 0 Å². The first-order chi connectivity index (χ1) is 6.59. The maximum atomic E-state index is 5.91. The van der Waals surface area contributed by atoms with Crippen molar-refractivity contribution in [2.75, 3.05) is 0 Å². The number of halogens is 4. The van der Waals surface area contributed by atoms with E-state index in [-0.39, 0.29) is 10.3 Å². The maximum absolute atomic E-state index is 5.91. The van der Waals surface area contributed by atoms with Gasteiger partial charge in [-0.1, -0.05) is 46.4 Å². The Labute approximate surface area is 99.8 Å². The van der Waals surface area contributed by atoms with Crippen LogP contribution in [0.5, 0.6) is 0 Å². The van der Waals surface area contributed by atoms with E-state index in [1.807, 2.05) is 0 Å². The van der Waals surface area contributed by atoms with Gasteiger partial charge in [-0.15, -0.1) is 0 Å². The monoisotopic (exact) mass is 266 g/mol. The molecule has 1 aromatic heterocycles. The molecule has 0 atom stereocenters. The van der Waals surface area contributed by atoms with Crippen LogP contribution in [0.1, 0.15) is 0 Å². The minimum atomic E-state index is 0.114. The summed E-state index contributed by atoms with van der Waals surface area (Å²) in [4.78, 5) is 8.00. The molecule has 0 aliphatic carbocycles. The Morgan fingerprint density at radius 1 is 0.857 bits per heavy atom. The minimum Gasteiger partial charge on any atom is -0.231 e. The van der Waals surface area contributed by atoms with Crippen LogP contribution >= 0.6 is 46.4 Å². The summed E-state index contributed by atoms with van der Waals surface area (Å²) in [5, 5.41) is 1.00. The standard InChI is InChI=1S/C8H2Cl4N2/c9-3-1-2-4-6(5(3)10)14-8(12)7(11)13-4/h1-2H. The number of aromatic nitrogens is 2. The molecule has 1 heterocycles. The Morgan fingerprint density at radius 3 is 2.21 bits per heavy atom. The highest BCUT2D eigenvalue weighted by Crippen LogP contribution is 2.30. The van der Waals surface area contributed by atoms with Crippen molar-refractivity contribution in [3.8, 4) is 0 Å². The fourth-order valence-corrected chi connectivity index (χ4v) is 1.64. The normalized spacial score (nSPS) is 10.9. The Hall–Kier alpha value is -0.280. The van der Waals surface area contributed by atoms with E-state index in [0.29, 0.717) is 21.1 Å². The summed E-state index contributed by atoms with van der Waals surface area (Å²) in [6.07, 6.45) is 0. The average Bonchev–Trinajstić information content (AvgIpc) is 2.15. The Balaban J connectivity index is 2.89. The molecule has 2 aromatic rings. The van der Waals surface area contributed by atoms with Gasteiger partial charge in [0.05, 0.1) is 15.6 Å². The minimum absolute atomic E-state index is 0.114. The molecule has 0 radical (unpaired) electrons. The van der Waals surface area contributed by atoms with Crippen molar-refractivity contribution in [2.24, 2.45) is 0 Å². The summed E-state index contributed by atoms with van der Waals surface area (Å²) in [7, 11) is 0. The lowest BCUT2D eigenvalue weighted by Gasteiger charge is -2.02. The second-order valence-corrected chi connectivity index (χ2v) is 4.04. The molecule has 0 N–H and O–H groups in total. The fraction of sp³-hybridized carbons (Fsp3) is 0. The lowest BCUT2D eigenvalue weighted by atomic mass is 10.3. The molecule has 6 heteroatoms. The number of hydrogen-bond acceptors (Lipinski definition) is 2. The molecule has 72 valence electrons. The highest BCUT2D eigenvalue weighted by atomic mass is 35.5. The second-order valence-electron chi connectivity index (χ2n) is 2.53. The van der Waals surface area contributed by atoms with E-state index in [1.54, 1.807) is 12.1 Å². The summed E-state index contributed by atoms with van der Waals surface area (Å²) >= 11 is 23.1. The van der Waals surface area contributed by atoms with Gasteiger partial charge in [-0.05, 0) is 12.1 Å². The van der Waals surface area contributed by atoms with Gasteiger partial charge < -0.3 is 0 Å². The van der Waals surface area contributed by atoms with Gasteiger partial charge in [-0.2, -0.15) is 0 Å². The molecule has 0 fully saturated rings. The fourth-order valence-electron chi connectivity index (χ4n) is 1.02. The third-order valence-corrected chi connectivity index (χ3v) is 3.06. The van der Waals surface area contributed by atoms with Crippen molar-refractivity contribution in [1.29, 1.82) is 0 Å². The number of nitrogens with zero attached hydrogens (tertiary/aromatic N) is 2. The van der Waals surface area contributed by atoms with Crippen molar-refractivity contribution in [3.63, 3.8) is 0 Å². The molecule has 0 aliphatic rings. The summed E-state index contributed by atoms with van der Waals surface area (Å²) < 4.78 is 0. The van der Waals surface area contributed by atoms with Crippen LogP contribution in [0.25, 0.3) is 11.0 Å². The molecule has 0 unspecified atom stereocenters. The summed E-state index contributed by atoms with van der Waals surface area (Å²) in [6, 6.07) is 3.31. The second kappa shape index (κ2) is 3.70. The van der Waals surface area contributed by atoms with Crippen molar-refractivity contribution >= 4 is 57.4 Å². The van der Waals surface area contributed by atoms with Gasteiger partial charge in [0.1, 0.15) is 5.52 Å². The number of rotatable bonds is 0. The molecule has 2 rings (SSSR count). The van der Waals surface area contributed by atoms with Crippen molar-refractivity contribution in [1.82, 2.24) is 9.97 Å². The highest BCUT2D eigenvalue weighted by molar-refractivity contribution is 6.45. The predicted molar refractivity (Wildman–Crippen MR) is 59.6 cm³/mol. The summed E-state index contributed by atoms with van der Waals surface area (Å²) in [6.45, 7) is 0. The van der Waals surface area contributed by atoms with Crippen LogP contribution in [0.3, 0.4) is 0 Å². The molecule has 0 bridgehead atoms. The van der Waals surface area contributed by atoms with E-state index in [2.05, 4.69) is 9.97 Å². The zero-order valence-corrected chi connectivity index (χ0v) is 9.58. The topological polar surface area (TPSA) is 25.8 Å². The van der Waals surface area contributed by atoms with E-state index in [0.717, 1.165) is 0 Å². The lowest BCUT2D eigenvalue weighted by Crippen LogP contribution is -1.87. The van der Waals surface area contributed by atoms with Crippen molar-refractivity contribution in [2.45, 2.75) is 0 Å². The van der Waals surface area contributed by atoms with Gasteiger partial charge in [0.2, 0.25) is 0 Å². The van der Waals surface area contributed by atoms with E-state index in [9.17, 15) is 0 Å². The maximum Gasteiger partial charge on any atom is 0.167 e. The quantitative estimate of drug-likeness (QED) is 0.713. The molecular weight excluding hydrogens is 266 g/mol. The third-order valence-electron chi connectivity index (χ3n) is 1.65. The van der Waals surface area contributed by atoms with Gasteiger partial charge in [0, 0.05) is 0 Å². The number of benzene rings is 1. The Kier molecular flexibility index (Phi) is 2.71. The van der Waals surface area contributed by atoms with Crippen LogP contribution in [0.4, 0.5) is 0 Å². The van der Waals surface area contributed by atoms with Crippen LogP contribution in [0.15, 0.2) is 12.1 Å². The molecule has 0 spiro atoms. The first kappa shape index (κ1) is 10.2. The van der Waals surface area contributed by atoms with Crippen molar-refractivity contribution < 1.29 is 0 Å². The average molecular weight is 268 g/mol. The number of fused-ring (bicyclic) bond motifs is 1. The van der Waals surface area contributed by atoms with E-state index in [1.165, 1.54) is 0 Å². The van der Waals surface area contributed by atoms with Crippen LogP contribution in [0.2, 0.25) is 20.4 Å². The molecule has 14 heavy (non-hydrogen) atoms. The van der Waals surface area contributed by atoms with Crippen LogP contribution in [-0.2, 0) is 0 Å². The molecule has 1 aromatic carbocycles. The van der Waals surface area contributed by atoms with Gasteiger partial charge in [0.15, 0.2) is 10.3 Å². The third kappa shape index (κ3) is 1.63. The largest absolute Gasteiger partial charge is 0.231 e. The zero-order chi connectivity index (χ0) is 10.3. The van der Waals surface area contributed by atoms with Gasteiger partial charge in [-0.25, -0.2) is 9.97 Å². The first-order valence-electron chi connectivity index (χ1n) is 3.56. The van der Waals surface area contributed by atoms with Gasteiger partial charge in [-0.3, -0.25) is 0 Å². The van der Waals surface area contributed by atoms with Crippen LogP contribution in [-0.4, -0.2) is 9.97 Å². The van der Waals surface area contributed by atoms with Crippen LogP contribution < -0.4 is 0 Å². The summed E-state index contributed by atoms with van der Waals surface area (Å²) in [5.41, 5.74) is 1.02. The van der Waals surface area contributed by atoms with Crippen molar-refractivity contribution in [3.05, 3.63) is 32.5 Å². The number of hydrogen-bond donors (Lipinski definition) is 0. The van der Waals surface area contributed by atoms with Crippen LogP contribution in [0, 0.1) is 0 Å². The Bertz CT molecular complexity index is 512. The zero-order valence-electron chi connectivity index (χ0n) is 6.56. The molecule has 0 saturated carbocycles. The molecule has 0 aliphatic heterocycles. The lowest BCUT2D eigenvalue weighted by molar-refractivity contribution is 1.29. The Morgan fingerprint density at radius 2 is 1.50 bits per heavy atom. The first-order valence-corrected chi connectivity index (χ1v) is 5.07. The summed E-state index contributed by atoms with van der Waals surface area (Å²) in [5.74, 6) is 0.